The fourth-order valence-corrected chi connectivity index (χ4v) is 3.32. The first-order valence-electron chi connectivity index (χ1n) is 9.33. The topological polar surface area (TPSA) is 96.1 Å². The number of anilines is 2. The van der Waals surface area contributed by atoms with E-state index in [0.29, 0.717) is 29.7 Å². The number of methoxy groups -OCH3 is 1. The minimum Gasteiger partial charge on any atom is -0.495 e. The Hall–Kier alpha value is -3.00. The van der Waals surface area contributed by atoms with Gasteiger partial charge in [0.2, 0.25) is 5.91 Å². The first kappa shape index (κ1) is 20.7. The molecule has 154 valence electrons. The third kappa shape index (κ3) is 5.29. The molecule has 1 amide bonds. The number of rotatable bonds is 6. The SMILES string of the molecule is COc1cc(N2CCN(C(=O)CN/N=C\c3ccc(N)nc3C)CC2)ccc1Cl. The zero-order chi connectivity index (χ0) is 20.8. The Labute approximate surface area is 175 Å². The summed E-state index contributed by atoms with van der Waals surface area (Å²) in [6.07, 6.45) is 1.64. The molecule has 0 saturated carbocycles. The third-order valence-electron chi connectivity index (χ3n) is 4.81. The van der Waals surface area contributed by atoms with Crippen molar-refractivity contribution < 1.29 is 9.53 Å². The molecule has 1 aromatic heterocycles. The second kappa shape index (κ2) is 9.47. The number of halogens is 1. The smallest absolute Gasteiger partial charge is 0.243 e. The standard InChI is InChI=1S/C20H25ClN6O2/c1-14-15(3-6-19(22)25-14)12-23-24-13-20(28)27-9-7-26(8-10-27)16-4-5-17(21)18(11-16)29-2/h3-6,11-12,24H,7-10,13H2,1-2H3,(H2,22,25)/b23-12-. The molecule has 1 fully saturated rings. The summed E-state index contributed by atoms with van der Waals surface area (Å²) in [6, 6.07) is 9.27. The second-order valence-electron chi connectivity index (χ2n) is 6.69. The van der Waals surface area contributed by atoms with Crippen LogP contribution < -0.4 is 20.8 Å². The van der Waals surface area contributed by atoms with E-state index in [1.54, 1.807) is 19.4 Å². The molecule has 3 rings (SSSR count). The van der Waals surface area contributed by atoms with Crippen LogP contribution in [0.4, 0.5) is 11.5 Å². The highest BCUT2D eigenvalue weighted by atomic mass is 35.5. The lowest BCUT2D eigenvalue weighted by Crippen LogP contribution is -2.50. The fraction of sp³-hybridized carbons (Fsp3) is 0.350. The molecule has 1 saturated heterocycles. The highest BCUT2D eigenvalue weighted by molar-refractivity contribution is 6.32. The van der Waals surface area contributed by atoms with Gasteiger partial charge in [-0.25, -0.2) is 4.98 Å². The molecule has 0 radical (unpaired) electrons. The van der Waals surface area contributed by atoms with Crippen molar-refractivity contribution in [3.63, 3.8) is 0 Å². The molecule has 2 aromatic rings. The summed E-state index contributed by atoms with van der Waals surface area (Å²) in [5.41, 5.74) is 11.1. The van der Waals surface area contributed by atoms with Gasteiger partial charge >= 0.3 is 0 Å². The fourth-order valence-electron chi connectivity index (χ4n) is 3.13. The van der Waals surface area contributed by atoms with Gasteiger partial charge in [0.1, 0.15) is 18.1 Å². The molecule has 0 bridgehead atoms. The summed E-state index contributed by atoms with van der Waals surface area (Å²) in [7, 11) is 1.60. The first-order valence-corrected chi connectivity index (χ1v) is 9.71. The Morgan fingerprint density at radius 3 is 2.76 bits per heavy atom. The van der Waals surface area contributed by atoms with E-state index in [9.17, 15) is 4.79 Å². The molecule has 9 heteroatoms. The number of nitrogen functional groups attached to an aromatic ring is 1. The molecule has 1 aromatic carbocycles. The number of nitrogens with zero attached hydrogens (tertiary/aromatic N) is 4. The van der Waals surface area contributed by atoms with Gasteiger partial charge in [-0.3, -0.25) is 4.79 Å². The molecule has 1 aliphatic rings. The zero-order valence-corrected chi connectivity index (χ0v) is 17.3. The van der Waals surface area contributed by atoms with Gasteiger partial charge < -0.3 is 25.7 Å². The van der Waals surface area contributed by atoms with Gasteiger partial charge in [0.05, 0.1) is 18.3 Å². The Kier molecular flexibility index (Phi) is 6.77. The molecule has 1 aliphatic heterocycles. The molecule has 0 aliphatic carbocycles. The van der Waals surface area contributed by atoms with Crippen molar-refractivity contribution in [2.24, 2.45) is 5.10 Å². The summed E-state index contributed by atoms with van der Waals surface area (Å²) >= 11 is 6.09. The number of aromatic nitrogens is 1. The summed E-state index contributed by atoms with van der Waals surface area (Å²) in [5, 5.41) is 4.70. The van der Waals surface area contributed by atoms with Crippen molar-refractivity contribution in [2.75, 3.05) is 50.5 Å². The normalized spacial score (nSPS) is 14.3. The molecule has 0 spiro atoms. The number of carbonyl (C=O) groups is 1. The minimum atomic E-state index is 0.0163. The summed E-state index contributed by atoms with van der Waals surface area (Å²) in [5.74, 6) is 1.14. The maximum atomic E-state index is 12.4. The van der Waals surface area contributed by atoms with Crippen LogP contribution in [0.1, 0.15) is 11.3 Å². The van der Waals surface area contributed by atoms with Gasteiger partial charge in [-0.2, -0.15) is 5.10 Å². The van der Waals surface area contributed by atoms with Gasteiger partial charge in [0, 0.05) is 49.2 Å². The van der Waals surface area contributed by atoms with Crippen LogP contribution >= 0.6 is 11.6 Å². The van der Waals surface area contributed by atoms with E-state index < -0.39 is 0 Å². The van der Waals surface area contributed by atoms with E-state index in [2.05, 4.69) is 20.4 Å². The van der Waals surface area contributed by atoms with Crippen LogP contribution in [-0.2, 0) is 4.79 Å². The number of pyridine rings is 1. The van der Waals surface area contributed by atoms with Crippen molar-refractivity contribution in [1.29, 1.82) is 0 Å². The third-order valence-corrected chi connectivity index (χ3v) is 5.12. The first-order chi connectivity index (χ1) is 14.0. The van der Waals surface area contributed by atoms with Crippen LogP contribution in [0.5, 0.6) is 5.75 Å². The summed E-state index contributed by atoms with van der Waals surface area (Å²) < 4.78 is 5.28. The van der Waals surface area contributed by atoms with Crippen molar-refractivity contribution in [3.8, 4) is 5.75 Å². The highest BCUT2D eigenvalue weighted by Crippen LogP contribution is 2.29. The van der Waals surface area contributed by atoms with Crippen LogP contribution in [-0.4, -0.2) is 61.8 Å². The Balaban J connectivity index is 1.47. The number of aryl methyl sites for hydroxylation is 1. The van der Waals surface area contributed by atoms with E-state index in [4.69, 9.17) is 22.1 Å². The maximum absolute atomic E-state index is 12.4. The quantitative estimate of drug-likeness (QED) is 0.551. The van der Waals surface area contributed by atoms with Crippen LogP contribution in [0.15, 0.2) is 35.4 Å². The maximum Gasteiger partial charge on any atom is 0.243 e. The molecular formula is C20H25ClN6O2. The van der Waals surface area contributed by atoms with Gasteiger partial charge in [-0.15, -0.1) is 0 Å². The molecule has 0 unspecified atom stereocenters. The van der Waals surface area contributed by atoms with E-state index in [-0.39, 0.29) is 12.5 Å². The zero-order valence-electron chi connectivity index (χ0n) is 16.6. The van der Waals surface area contributed by atoms with Gasteiger partial charge in [0.15, 0.2) is 0 Å². The predicted octanol–water partition coefficient (Wildman–Crippen LogP) is 1.91. The molecule has 29 heavy (non-hydrogen) atoms. The average Bonchev–Trinajstić information content (AvgIpc) is 2.73. The lowest BCUT2D eigenvalue weighted by atomic mass is 10.2. The number of benzene rings is 1. The largest absolute Gasteiger partial charge is 0.495 e. The molecule has 2 heterocycles. The number of carbonyl (C=O) groups excluding carboxylic acids is 1. The van der Waals surface area contributed by atoms with Gasteiger partial charge in [-0.1, -0.05) is 11.6 Å². The number of nitrogens with two attached hydrogens (primary N) is 1. The van der Waals surface area contributed by atoms with Crippen molar-refractivity contribution in [3.05, 3.63) is 46.6 Å². The van der Waals surface area contributed by atoms with E-state index >= 15 is 0 Å². The van der Waals surface area contributed by atoms with Crippen LogP contribution in [0.3, 0.4) is 0 Å². The number of hydrogen-bond acceptors (Lipinski definition) is 7. The van der Waals surface area contributed by atoms with Crippen LogP contribution in [0.25, 0.3) is 0 Å². The summed E-state index contributed by atoms with van der Waals surface area (Å²) in [4.78, 5) is 20.6. The van der Waals surface area contributed by atoms with E-state index in [0.717, 1.165) is 30.0 Å². The Bertz CT molecular complexity index is 897. The Morgan fingerprint density at radius 2 is 2.07 bits per heavy atom. The lowest BCUT2D eigenvalue weighted by molar-refractivity contribution is -0.130. The van der Waals surface area contributed by atoms with Crippen molar-refractivity contribution >= 4 is 35.2 Å². The number of amides is 1. The molecule has 3 N–H and O–H groups in total. The number of hydrazone groups is 1. The number of ether oxygens (including phenoxy) is 1. The van der Waals surface area contributed by atoms with E-state index in [1.807, 2.05) is 36.1 Å². The Morgan fingerprint density at radius 1 is 1.31 bits per heavy atom. The van der Waals surface area contributed by atoms with Crippen LogP contribution in [0.2, 0.25) is 5.02 Å². The van der Waals surface area contributed by atoms with Crippen molar-refractivity contribution in [1.82, 2.24) is 15.3 Å². The molecule has 8 nitrogen and oxygen atoms in total. The summed E-state index contributed by atoms with van der Waals surface area (Å²) in [6.45, 7) is 4.80. The number of hydrogen-bond donors (Lipinski definition) is 2. The van der Waals surface area contributed by atoms with E-state index in [1.165, 1.54) is 0 Å². The predicted molar refractivity (Wildman–Crippen MR) is 116 cm³/mol. The van der Waals surface area contributed by atoms with Gasteiger partial charge in [-0.05, 0) is 31.2 Å². The average molecular weight is 417 g/mol. The monoisotopic (exact) mass is 416 g/mol. The second-order valence-corrected chi connectivity index (χ2v) is 7.10. The molecule has 0 atom stereocenters. The number of piperazine rings is 1. The minimum absolute atomic E-state index is 0.0163. The van der Waals surface area contributed by atoms with Gasteiger partial charge in [0.25, 0.3) is 0 Å². The molecular weight excluding hydrogens is 392 g/mol. The van der Waals surface area contributed by atoms with Crippen LogP contribution in [0, 0.1) is 6.92 Å². The lowest BCUT2D eigenvalue weighted by Gasteiger charge is -2.36. The number of nitrogens with one attached hydrogen (secondary N) is 1. The highest BCUT2D eigenvalue weighted by Gasteiger charge is 2.21. The van der Waals surface area contributed by atoms with Crippen molar-refractivity contribution in [2.45, 2.75) is 6.92 Å².